The van der Waals surface area contributed by atoms with Crippen LogP contribution in [0, 0.1) is 5.92 Å². The van der Waals surface area contributed by atoms with E-state index in [1.807, 2.05) is 36.4 Å². The largest absolute Gasteiger partial charge is 0.439 e. The van der Waals surface area contributed by atoms with Crippen molar-refractivity contribution in [3.63, 3.8) is 0 Å². The minimum absolute atomic E-state index is 0.425. The van der Waals surface area contributed by atoms with Crippen LogP contribution in [0.15, 0.2) is 36.4 Å². The number of thiocarbonyl (C=S) groups is 1. The number of ether oxygens (including phenoxy) is 1. The molecule has 1 atom stereocenters. The van der Waals surface area contributed by atoms with E-state index in [9.17, 15) is 0 Å². The van der Waals surface area contributed by atoms with Crippen LogP contribution in [-0.4, -0.2) is 34.2 Å². The summed E-state index contributed by atoms with van der Waals surface area (Å²) in [6, 6.07) is 12.1. The van der Waals surface area contributed by atoms with E-state index in [4.69, 9.17) is 21.9 Å². The predicted octanol–water partition coefficient (Wildman–Crippen LogP) is 5.51. The number of hydrogen-bond donors (Lipinski definition) is 2. The standard InChI is InChI=1S/C24H33N5OS/c1-18-10-9-15-29(17-18)21-16-22(30-20-13-7-4-8-14-20)27-23(26-21)28-24(31)25-19-11-5-2-3-6-12-19/h4,7-8,13-14,16,18-19H,2-3,5-6,9-12,15,17H2,1H3,(H2,25,26,27,28,31). The molecule has 1 saturated heterocycles. The molecule has 1 saturated carbocycles. The summed E-state index contributed by atoms with van der Waals surface area (Å²) in [5.74, 6) is 3.29. The van der Waals surface area contributed by atoms with Crippen LogP contribution in [0.25, 0.3) is 0 Å². The quantitative estimate of drug-likeness (QED) is 0.470. The van der Waals surface area contributed by atoms with Crippen LogP contribution in [-0.2, 0) is 0 Å². The van der Waals surface area contributed by atoms with Crippen molar-refractivity contribution in [3.05, 3.63) is 36.4 Å². The molecule has 2 aromatic rings. The molecule has 0 spiro atoms. The molecule has 1 aromatic heterocycles. The molecule has 2 heterocycles. The van der Waals surface area contributed by atoms with Crippen LogP contribution >= 0.6 is 12.2 Å². The topological polar surface area (TPSA) is 62.3 Å². The molecule has 4 rings (SSSR count). The van der Waals surface area contributed by atoms with Gasteiger partial charge in [-0.05, 0) is 56.0 Å². The minimum atomic E-state index is 0.425. The summed E-state index contributed by atoms with van der Waals surface area (Å²) < 4.78 is 6.04. The lowest BCUT2D eigenvalue weighted by Crippen LogP contribution is -2.38. The number of aromatic nitrogens is 2. The molecular weight excluding hydrogens is 406 g/mol. The fourth-order valence-electron chi connectivity index (χ4n) is 4.44. The number of anilines is 2. The Morgan fingerprint density at radius 1 is 1.03 bits per heavy atom. The van der Waals surface area contributed by atoms with Crippen LogP contribution in [0.3, 0.4) is 0 Å². The number of nitrogens with zero attached hydrogens (tertiary/aromatic N) is 3. The molecule has 2 aliphatic rings. The van der Waals surface area contributed by atoms with Crippen molar-refractivity contribution in [2.45, 2.75) is 64.3 Å². The van der Waals surface area contributed by atoms with Crippen LogP contribution in [0.4, 0.5) is 11.8 Å². The van der Waals surface area contributed by atoms with E-state index >= 15 is 0 Å². The van der Waals surface area contributed by atoms with Gasteiger partial charge in [0.15, 0.2) is 5.11 Å². The fraction of sp³-hybridized carbons (Fsp3) is 0.542. The molecular formula is C24H33N5OS. The van der Waals surface area contributed by atoms with E-state index in [0.717, 1.165) is 37.5 Å². The van der Waals surface area contributed by atoms with Crippen LogP contribution in [0.1, 0.15) is 58.3 Å². The van der Waals surface area contributed by atoms with Gasteiger partial charge in [-0.2, -0.15) is 9.97 Å². The predicted molar refractivity (Wildman–Crippen MR) is 130 cm³/mol. The summed E-state index contributed by atoms with van der Waals surface area (Å²) >= 11 is 5.60. The summed E-state index contributed by atoms with van der Waals surface area (Å²) in [7, 11) is 0. The van der Waals surface area contributed by atoms with E-state index in [1.165, 1.54) is 38.5 Å². The van der Waals surface area contributed by atoms with Crippen LogP contribution in [0.2, 0.25) is 0 Å². The lowest BCUT2D eigenvalue weighted by Gasteiger charge is -2.32. The number of piperidine rings is 1. The Balaban J connectivity index is 1.51. The average Bonchev–Trinajstić information content (AvgIpc) is 3.03. The first-order valence-electron chi connectivity index (χ1n) is 11.6. The van der Waals surface area contributed by atoms with Gasteiger partial charge in [0.25, 0.3) is 0 Å². The SMILES string of the molecule is CC1CCCN(c2cc(Oc3ccccc3)nc(NC(=S)NC3CCCCCC3)n2)C1. The molecule has 2 fully saturated rings. The lowest BCUT2D eigenvalue weighted by molar-refractivity contribution is 0.440. The third kappa shape index (κ3) is 6.53. The number of para-hydroxylation sites is 1. The number of benzene rings is 1. The fourth-order valence-corrected chi connectivity index (χ4v) is 4.69. The zero-order valence-electron chi connectivity index (χ0n) is 18.3. The summed E-state index contributed by atoms with van der Waals surface area (Å²) in [4.78, 5) is 11.7. The zero-order valence-corrected chi connectivity index (χ0v) is 19.2. The van der Waals surface area contributed by atoms with Crippen LogP contribution < -0.4 is 20.3 Å². The second-order valence-corrected chi connectivity index (χ2v) is 9.19. The maximum atomic E-state index is 6.04. The number of rotatable bonds is 5. The first-order chi connectivity index (χ1) is 15.2. The molecule has 0 bridgehead atoms. The summed E-state index contributed by atoms with van der Waals surface area (Å²) in [6.07, 6.45) is 9.91. The normalized spacial score (nSPS) is 20.0. The van der Waals surface area contributed by atoms with Gasteiger partial charge in [-0.25, -0.2) is 0 Å². The molecule has 6 nitrogen and oxygen atoms in total. The first-order valence-corrected chi connectivity index (χ1v) is 12.0. The molecule has 1 aromatic carbocycles. The highest BCUT2D eigenvalue weighted by atomic mass is 32.1. The Bertz CT molecular complexity index is 854. The van der Waals surface area contributed by atoms with Gasteiger partial charge in [-0.3, -0.25) is 0 Å². The smallest absolute Gasteiger partial charge is 0.234 e. The Hall–Kier alpha value is -2.41. The van der Waals surface area contributed by atoms with Gasteiger partial charge >= 0.3 is 0 Å². The van der Waals surface area contributed by atoms with Crippen molar-refractivity contribution in [2.75, 3.05) is 23.3 Å². The van der Waals surface area contributed by atoms with Gasteiger partial charge < -0.3 is 20.3 Å². The van der Waals surface area contributed by atoms with E-state index in [1.54, 1.807) is 0 Å². The maximum Gasteiger partial charge on any atom is 0.234 e. The van der Waals surface area contributed by atoms with Gasteiger partial charge in [-0.1, -0.05) is 50.8 Å². The van der Waals surface area contributed by atoms with Gasteiger partial charge in [0.2, 0.25) is 11.8 Å². The molecule has 0 amide bonds. The molecule has 1 aliphatic heterocycles. The molecule has 7 heteroatoms. The van der Waals surface area contributed by atoms with E-state index in [-0.39, 0.29) is 0 Å². The summed E-state index contributed by atoms with van der Waals surface area (Å²) in [6.45, 7) is 4.28. The van der Waals surface area contributed by atoms with Crippen molar-refractivity contribution in [2.24, 2.45) is 5.92 Å². The van der Waals surface area contributed by atoms with Crippen molar-refractivity contribution in [3.8, 4) is 11.6 Å². The van der Waals surface area contributed by atoms with Crippen molar-refractivity contribution in [1.82, 2.24) is 15.3 Å². The van der Waals surface area contributed by atoms with E-state index < -0.39 is 0 Å². The third-order valence-electron chi connectivity index (χ3n) is 6.05. The average molecular weight is 440 g/mol. The first kappa shape index (κ1) is 21.8. The highest BCUT2D eigenvalue weighted by Gasteiger charge is 2.20. The van der Waals surface area contributed by atoms with Gasteiger partial charge in [0.1, 0.15) is 11.6 Å². The monoisotopic (exact) mass is 439 g/mol. The highest BCUT2D eigenvalue weighted by molar-refractivity contribution is 7.80. The van der Waals surface area contributed by atoms with Crippen molar-refractivity contribution < 1.29 is 4.74 Å². The molecule has 0 radical (unpaired) electrons. The summed E-state index contributed by atoms with van der Waals surface area (Å²) in [5, 5.41) is 7.27. The van der Waals surface area contributed by atoms with Crippen molar-refractivity contribution >= 4 is 29.1 Å². The molecule has 2 N–H and O–H groups in total. The minimum Gasteiger partial charge on any atom is -0.439 e. The molecule has 166 valence electrons. The van der Waals surface area contributed by atoms with Crippen LogP contribution in [0.5, 0.6) is 11.6 Å². The summed E-state index contributed by atoms with van der Waals surface area (Å²) in [5.41, 5.74) is 0. The Kier molecular flexibility index (Phi) is 7.57. The molecule has 31 heavy (non-hydrogen) atoms. The number of nitrogens with one attached hydrogen (secondary N) is 2. The second kappa shape index (κ2) is 10.8. The molecule has 1 unspecified atom stereocenters. The van der Waals surface area contributed by atoms with E-state index in [2.05, 4.69) is 27.4 Å². The highest BCUT2D eigenvalue weighted by Crippen LogP contribution is 2.28. The number of hydrogen-bond acceptors (Lipinski definition) is 5. The van der Waals surface area contributed by atoms with Gasteiger partial charge in [0, 0.05) is 25.2 Å². The van der Waals surface area contributed by atoms with Crippen molar-refractivity contribution in [1.29, 1.82) is 0 Å². The Morgan fingerprint density at radius 3 is 2.55 bits per heavy atom. The maximum absolute atomic E-state index is 6.04. The molecule has 1 aliphatic carbocycles. The van der Waals surface area contributed by atoms with E-state index in [0.29, 0.717) is 28.9 Å². The Labute approximate surface area is 190 Å². The zero-order chi connectivity index (χ0) is 21.5. The van der Waals surface area contributed by atoms with Gasteiger partial charge in [0.05, 0.1) is 0 Å². The lowest BCUT2D eigenvalue weighted by atomic mass is 10.0. The second-order valence-electron chi connectivity index (χ2n) is 8.78. The Morgan fingerprint density at radius 2 is 1.81 bits per heavy atom. The van der Waals surface area contributed by atoms with Gasteiger partial charge in [-0.15, -0.1) is 0 Å². The third-order valence-corrected chi connectivity index (χ3v) is 6.27.